The van der Waals surface area contributed by atoms with E-state index in [1.54, 1.807) is 0 Å². The fourth-order valence-electron chi connectivity index (χ4n) is 4.92. The van der Waals surface area contributed by atoms with Gasteiger partial charge in [-0.3, -0.25) is 9.59 Å². The third-order valence-corrected chi connectivity index (χ3v) is 8.29. The number of nitrogens with one attached hydrogen (secondary N) is 1. The molecule has 0 saturated heterocycles. The first-order valence-electron chi connectivity index (χ1n) is 10.1. The van der Waals surface area contributed by atoms with Gasteiger partial charge in [0.1, 0.15) is 0 Å². The van der Waals surface area contributed by atoms with Crippen molar-refractivity contribution >= 4 is 53.0 Å². The van der Waals surface area contributed by atoms with E-state index in [9.17, 15) is 9.59 Å². The first kappa shape index (κ1) is 22.0. The zero-order valence-corrected chi connectivity index (χ0v) is 18.8. The van der Waals surface area contributed by atoms with Crippen molar-refractivity contribution in [2.75, 3.05) is 5.32 Å². The fraction of sp³-hybridized carbons (Fsp3) is 0.636. The van der Waals surface area contributed by atoms with Crippen molar-refractivity contribution in [3.05, 3.63) is 29.8 Å². The smallest absolute Gasteiger partial charge is 0.211 e. The van der Waals surface area contributed by atoms with Gasteiger partial charge in [-0.25, -0.2) is 0 Å². The number of hydrogen-bond acceptors (Lipinski definition) is 2. The maximum atomic E-state index is 12.6. The molecule has 1 amide bonds. The summed E-state index contributed by atoms with van der Waals surface area (Å²) in [5, 5.41) is 2.50. The number of thiol groups is 1. The van der Waals surface area contributed by atoms with Crippen LogP contribution in [0.1, 0.15) is 57.4 Å². The summed E-state index contributed by atoms with van der Waals surface area (Å²) in [5.41, 5.74) is 1.02. The molecule has 154 valence electrons. The Morgan fingerprint density at radius 3 is 2.50 bits per heavy atom. The number of alkyl halides is 2. The summed E-state index contributed by atoms with van der Waals surface area (Å²) >= 11 is 17.4. The van der Waals surface area contributed by atoms with Crippen LogP contribution in [0.5, 0.6) is 0 Å². The highest BCUT2D eigenvalue weighted by Gasteiger charge is 2.48. The van der Waals surface area contributed by atoms with E-state index in [1.165, 1.54) is 12.8 Å². The first-order chi connectivity index (χ1) is 13.3. The quantitative estimate of drug-likeness (QED) is 0.301. The van der Waals surface area contributed by atoms with Crippen LogP contribution >= 0.6 is 35.8 Å². The summed E-state index contributed by atoms with van der Waals surface area (Å²) in [6.45, 7) is 3.91. The summed E-state index contributed by atoms with van der Waals surface area (Å²) in [5.74, 6) is 1.28. The summed E-state index contributed by atoms with van der Waals surface area (Å²) in [6, 6.07) is 7.75. The van der Waals surface area contributed by atoms with Crippen LogP contribution in [0.3, 0.4) is 0 Å². The van der Waals surface area contributed by atoms with E-state index in [0.717, 1.165) is 36.4 Å². The lowest BCUT2D eigenvalue weighted by atomic mass is 9.60. The number of hydrogen-bond donors (Lipinski definition) is 2. The number of halogens is 2. The predicted octanol–water partition coefficient (Wildman–Crippen LogP) is 5.86. The molecular weight excluding hydrogens is 413 g/mol. The summed E-state index contributed by atoms with van der Waals surface area (Å²) in [7, 11) is 0. The van der Waals surface area contributed by atoms with E-state index in [-0.39, 0.29) is 27.7 Å². The van der Waals surface area contributed by atoms with Crippen molar-refractivity contribution in [1.82, 2.24) is 0 Å². The Labute approximate surface area is 183 Å². The SMILES string of the molecule is CC(C)(C(=O)S)C(c1ccccc1NC=O)C1C[C@H](Cl)C(Cl)CC1CC1CC1. The molecule has 3 rings (SSSR count). The molecule has 2 fully saturated rings. The Morgan fingerprint density at radius 2 is 1.89 bits per heavy atom. The second kappa shape index (κ2) is 8.97. The molecule has 3 nitrogen and oxygen atoms in total. The third kappa shape index (κ3) is 4.71. The van der Waals surface area contributed by atoms with Gasteiger partial charge in [0.25, 0.3) is 0 Å². The predicted molar refractivity (Wildman–Crippen MR) is 119 cm³/mol. The van der Waals surface area contributed by atoms with Gasteiger partial charge < -0.3 is 5.32 Å². The number of para-hydroxylation sites is 1. The van der Waals surface area contributed by atoms with Gasteiger partial charge in [-0.2, -0.15) is 0 Å². The Bertz CT molecular complexity index is 722. The van der Waals surface area contributed by atoms with Gasteiger partial charge in [0.2, 0.25) is 6.41 Å². The summed E-state index contributed by atoms with van der Waals surface area (Å²) in [6.07, 6.45) is 6.01. The van der Waals surface area contributed by atoms with Gasteiger partial charge >= 0.3 is 0 Å². The maximum absolute atomic E-state index is 12.6. The standard InChI is InChI=1S/C22H29Cl2NO2S/c1-22(2,21(27)28)20(15-5-3-4-6-19(15)25-12-26)16-11-18(24)17(23)10-14(16)9-13-7-8-13/h3-6,12-14,16-18,20H,7-11H2,1-2H3,(H,25,26)(H,27,28)/t14?,16?,17?,18-,20?/m0/s1. The van der Waals surface area contributed by atoms with E-state index in [1.807, 2.05) is 38.1 Å². The highest BCUT2D eigenvalue weighted by atomic mass is 35.5. The van der Waals surface area contributed by atoms with E-state index in [4.69, 9.17) is 23.2 Å². The normalized spacial score (nSPS) is 29.2. The Morgan fingerprint density at radius 1 is 1.25 bits per heavy atom. The van der Waals surface area contributed by atoms with Gasteiger partial charge in [0.15, 0.2) is 5.12 Å². The number of anilines is 1. The van der Waals surface area contributed by atoms with E-state index in [0.29, 0.717) is 12.3 Å². The Balaban J connectivity index is 2.06. The van der Waals surface area contributed by atoms with E-state index < -0.39 is 5.41 Å². The van der Waals surface area contributed by atoms with Crippen molar-refractivity contribution in [3.63, 3.8) is 0 Å². The average Bonchev–Trinajstić information content (AvgIpc) is 3.44. The third-order valence-electron chi connectivity index (χ3n) is 6.62. The number of carbonyl (C=O) groups excluding carboxylic acids is 2. The van der Waals surface area contributed by atoms with Gasteiger partial charge in [-0.1, -0.05) is 44.9 Å². The highest BCUT2D eigenvalue weighted by Crippen LogP contribution is 2.55. The molecule has 1 aromatic rings. The molecule has 0 radical (unpaired) electrons. The lowest BCUT2D eigenvalue weighted by Crippen LogP contribution is -2.43. The molecule has 5 atom stereocenters. The van der Waals surface area contributed by atoms with Crippen LogP contribution in [0.4, 0.5) is 5.69 Å². The van der Waals surface area contributed by atoms with Gasteiger partial charge in [0.05, 0.1) is 10.8 Å². The zero-order valence-electron chi connectivity index (χ0n) is 16.4. The molecule has 2 saturated carbocycles. The molecule has 28 heavy (non-hydrogen) atoms. The molecule has 1 aromatic carbocycles. The van der Waals surface area contributed by atoms with Gasteiger partial charge in [-0.15, -0.1) is 35.8 Å². The highest BCUT2D eigenvalue weighted by molar-refractivity contribution is 7.96. The minimum Gasteiger partial charge on any atom is -0.328 e. The minimum absolute atomic E-state index is 0.0412. The lowest BCUT2D eigenvalue weighted by molar-refractivity contribution is -0.120. The molecule has 6 heteroatoms. The van der Waals surface area contributed by atoms with E-state index in [2.05, 4.69) is 17.9 Å². The molecule has 0 spiro atoms. The molecule has 0 bridgehead atoms. The van der Waals surface area contributed by atoms with Crippen LogP contribution in [-0.4, -0.2) is 22.3 Å². The summed E-state index contributed by atoms with van der Waals surface area (Å²) < 4.78 is 0. The minimum atomic E-state index is -0.702. The van der Waals surface area contributed by atoms with Crippen LogP contribution in [0.15, 0.2) is 24.3 Å². The topological polar surface area (TPSA) is 46.2 Å². The van der Waals surface area contributed by atoms with Crippen molar-refractivity contribution in [2.24, 2.45) is 23.2 Å². The lowest BCUT2D eigenvalue weighted by Gasteiger charge is -2.46. The zero-order chi connectivity index (χ0) is 20.5. The average molecular weight is 442 g/mol. The number of carbonyl (C=O) groups is 2. The van der Waals surface area contributed by atoms with Crippen LogP contribution in [0, 0.1) is 23.2 Å². The number of benzene rings is 1. The van der Waals surface area contributed by atoms with Crippen molar-refractivity contribution in [2.45, 2.75) is 62.6 Å². The monoisotopic (exact) mass is 441 g/mol. The Kier molecular flexibility index (Phi) is 7.05. The van der Waals surface area contributed by atoms with Gasteiger partial charge in [-0.05, 0) is 48.6 Å². The number of rotatable bonds is 8. The van der Waals surface area contributed by atoms with Crippen LogP contribution in [0.2, 0.25) is 0 Å². The molecule has 2 aliphatic carbocycles. The van der Waals surface area contributed by atoms with Crippen molar-refractivity contribution in [3.8, 4) is 0 Å². The van der Waals surface area contributed by atoms with Crippen LogP contribution < -0.4 is 5.32 Å². The Hall–Kier alpha value is -0.710. The second-order valence-electron chi connectivity index (χ2n) is 8.96. The number of amides is 1. The maximum Gasteiger partial charge on any atom is 0.211 e. The fourth-order valence-corrected chi connectivity index (χ4v) is 5.70. The van der Waals surface area contributed by atoms with Crippen molar-refractivity contribution < 1.29 is 9.59 Å². The van der Waals surface area contributed by atoms with Crippen LogP contribution in [0.25, 0.3) is 0 Å². The summed E-state index contributed by atoms with van der Waals surface area (Å²) in [4.78, 5) is 23.8. The van der Waals surface area contributed by atoms with Crippen LogP contribution in [-0.2, 0) is 9.59 Å². The van der Waals surface area contributed by atoms with Gasteiger partial charge in [0, 0.05) is 17.0 Å². The molecule has 1 N–H and O–H groups in total. The molecule has 2 aliphatic rings. The second-order valence-corrected chi connectivity index (χ2v) is 10.5. The molecular formula is C22H29Cl2NO2S. The van der Waals surface area contributed by atoms with Crippen molar-refractivity contribution in [1.29, 1.82) is 0 Å². The molecule has 0 aliphatic heterocycles. The molecule has 4 unspecified atom stereocenters. The molecule has 0 heterocycles. The first-order valence-corrected chi connectivity index (χ1v) is 11.4. The van der Waals surface area contributed by atoms with E-state index >= 15 is 0 Å². The largest absolute Gasteiger partial charge is 0.328 e. The molecule has 0 aromatic heterocycles.